The minimum atomic E-state index is -0.121. The SMILES string of the molecule is CCn1c(SCC(=O)Nc2ccccc2OC)nnc1-c1cn(CC)c2ccccc12. The molecule has 0 saturated carbocycles. The third kappa shape index (κ3) is 4.16. The van der Waals surface area contributed by atoms with Crippen LogP contribution in [0.15, 0.2) is 59.9 Å². The van der Waals surface area contributed by atoms with E-state index in [1.54, 1.807) is 7.11 Å². The number of anilines is 1. The number of nitrogens with zero attached hydrogens (tertiary/aromatic N) is 4. The van der Waals surface area contributed by atoms with E-state index < -0.39 is 0 Å². The van der Waals surface area contributed by atoms with Crippen molar-refractivity contribution < 1.29 is 9.53 Å². The van der Waals surface area contributed by atoms with Crippen LogP contribution in [0.3, 0.4) is 0 Å². The van der Waals surface area contributed by atoms with Crippen molar-refractivity contribution in [2.24, 2.45) is 0 Å². The second kappa shape index (κ2) is 9.26. The molecule has 0 bridgehead atoms. The maximum atomic E-state index is 12.5. The summed E-state index contributed by atoms with van der Waals surface area (Å²) in [5, 5.41) is 13.6. The highest BCUT2D eigenvalue weighted by atomic mass is 32.2. The molecule has 0 aliphatic carbocycles. The van der Waals surface area contributed by atoms with E-state index in [1.165, 1.54) is 17.3 Å². The van der Waals surface area contributed by atoms with Crippen LogP contribution in [0.25, 0.3) is 22.3 Å². The van der Waals surface area contributed by atoms with Crippen LogP contribution in [0.1, 0.15) is 13.8 Å². The van der Waals surface area contributed by atoms with Crippen molar-refractivity contribution in [3.63, 3.8) is 0 Å². The van der Waals surface area contributed by atoms with E-state index in [9.17, 15) is 4.79 Å². The van der Waals surface area contributed by atoms with Gasteiger partial charge in [-0.15, -0.1) is 10.2 Å². The molecule has 0 atom stereocenters. The van der Waals surface area contributed by atoms with Gasteiger partial charge >= 0.3 is 0 Å². The van der Waals surface area contributed by atoms with Crippen molar-refractivity contribution in [3.05, 3.63) is 54.7 Å². The van der Waals surface area contributed by atoms with E-state index in [0.717, 1.165) is 28.5 Å². The number of rotatable bonds is 8. The van der Waals surface area contributed by atoms with Gasteiger partial charge in [-0.1, -0.05) is 42.1 Å². The highest BCUT2D eigenvalue weighted by Gasteiger charge is 2.19. The van der Waals surface area contributed by atoms with Gasteiger partial charge in [-0.3, -0.25) is 4.79 Å². The number of carbonyl (C=O) groups excluding carboxylic acids is 1. The number of aromatic nitrogens is 4. The van der Waals surface area contributed by atoms with E-state index in [1.807, 2.05) is 36.4 Å². The molecule has 4 rings (SSSR count). The zero-order chi connectivity index (χ0) is 21.8. The van der Waals surface area contributed by atoms with Crippen molar-refractivity contribution >= 4 is 34.3 Å². The number of ether oxygens (including phenoxy) is 1. The number of benzene rings is 2. The quantitative estimate of drug-likeness (QED) is 0.407. The Morgan fingerprint density at radius 2 is 1.84 bits per heavy atom. The number of hydrogen-bond acceptors (Lipinski definition) is 5. The maximum absolute atomic E-state index is 12.5. The predicted octanol–water partition coefficient (Wildman–Crippen LogP) is 4.68. The molecule has 4 aromatic rings. The molecule has 2 aromatic carbocycles. The first-order valence-electron chi connectivity index (χ1n) is 10.2. The summed E-state index contributed by atoms with van der Waals surface area (Å²) in [5.41, 5.74) is 2.88. The summed E-state index contributed by atoms with van der Waals surface area (Å²) < 4.78 is 9.57. The molecule has 7 nitrogen and oxygen atoms in total. The van der Waals surface area contributed by atoms with Crippen LogP contribution in [0, 0.1) is 0 Å². The first kappa shape index (κ1) is 21.0. The van der Waals surface area contributed by atoms with E-state index in [2.05, 4.69) is 56.8 Å². The van der Waals surface area contributed by atoms with Crippen LogP contribution in [0.5, 0.6) is 5.75 Å². The standard InChI is InChI=1S/C23H25N5O2S/c1-4-27-14-17(16-10-6-8-12-19(16)27)22-25-26-23(28(22)5-2)31-15-21(29)24-18-11-7-9-13-20(18)30-3/h6-14H,4-5,15H2,1-3H3,(H,24,29). The lowest BCUT2D eigenvalue weighted by Crippen LogP contribution is -2.15. The Morgan fingerprint density at radius 1 is 1.06 bits per heavy atom. The highest BCUT2D eigenvalue weighted by Crippen LogP contribution is 2.32. The fourth-order valence-corrected chi connectivity index (χ4v) is 4.43. The summed E-state index contributed by atoms with van der Waals surface area (Å²) in [5.74, 6) is 1.56. The fraction of sp³-hybridized carbons (Fsp3) is 0.261. The average Bonchev–Trinajstić information content (AvgIpc) is 3.38. The average molecular weight is 436 g/mol. The van der Waals surface area contributed by atoms with Crippen LogP contribution in [0.4, 0.5) is 5.69 Å². The maximum Gasteiger partial charge on any atom is 0.234 e. The monoisotopic (exact) mass is 435 g/mol. The molecule has 0 unspecified atom stereocenters. The minimum absolute atomic E-state index is 0.121. The fourth-order valence-electron chi connectivity index (χ4n) is 3.63. The number of aryl methyl sites for hydroxylation is 1. The van der Waals surface area contributed by atoms with E-state index >= 15 is 0 Å². The molecule has 1 N–H and O–H groups in total. The second-order valence-corrected chi connectivity index (χ2v) is 7.88. The summed E-state index contributed by atoms with van der Waals surface area (Å²) in [7, 11) is 1.58. The lowest BCUT2D eigenvalue weighted by atomic mass is 10.1. The molecule has 31 heavy (non-hydrogen) atoms. The third-order valence-electron chi connectivity index (χ3n) is 5.12. The topological polar surface area (TPSA) is 74.0 Å². The van der Waals surface area contributed by atoms with Crippen molar-refractivity contribution in [1.29, 1.82) is 0 Å². The molecular weight excluding hydrogens is 410 g/mol. The van der Waals surface area contributed by atoms with Gasteiger partial charge in [-0.2, -0.15) is 0 Å². The Labute approximate surface area is 185 Å². The van der Waals surface area contributed by atoms with E-state index in [0.29, 0.717) is 18.0 Å². The van der Waals surface area contributed by atoms with E-state index in [4.69, 9.17) is 4.74 Å². The Morgan fingerprint density at radius 3 is 2.61 bits per heavy atom. The number of methoxy groups -OCH3 is 1. The van der Waals surface area contributed by atoms with Gasteiger partial charge in [0.15, 0.2) is 11.0 Å². The molecule has 0 saturated heterocycles. The van der Waals surface area contributed by atoms with Gasteiger partial charge in [0.2, 0.25) is 5.91 Å². The van der Waals surface area contributed by atoms with Crippen molar-refractivity contribution in [2.75, 3.05) is 18.2 Å². The summed E-state index contributed by atoms with van der Waals surface area (Å²) >= 11 is 1.38. The molecular formula is C23H25N5O2S. The molecule has 160 valence electrons. The number of thioether (sulfide) groups is 1. The predicted molar refractivity (Wildman–Crippen MR) is 125 cm³/mol. The third-order valence-corrected chi connectivity index (χ3v) is 6.08. The van der Waals surface area contributed by atoms with Crippen LogP contribution in [0.2, 0.25) is 0 Å². The molecule has 0 radical (unpaired) electrons. The van der Waals surface area contributed by atoms with Crippen LogP contribution < -0.4 is 10.1 Å². The Kier molecular flexibility index (Phi) is 6.27. The van der Waals surface area contributed by atoms with Gasteiger partial charge in [0.25, 0.3) is 0 Å². The zero-order valence-corrected chi connectivity index (χ0v) is 18.6. The Bertz CT molecular complexity index is 1210. The highest BCUT2D eigenvalue weighted by molar-refractivity contribution is 7.99. The van der Waals surface area contributed by atoms with Crippen LogP contribution in [-0.4, -0.2) is 38.1 Å². The molecule has 8 heteroatoms. The normalized spacial score (nSPS) is 11.1. The summed E-state index contributed by atoms with van der Waals surface area (Å²) in [6, 6.07) is 15.7. The lowest BCUT2D eigenvalue weighted by molar-refractivity contribution is -0.113. The van der Waals surface area contributed by atoms with Crippen molar-refractivity contribution in [2.45, 2.75) is 32.1 Å². The molecule has 0 spiro atoms. The molecule has 0 aliphatic rings. The summed E-state index contributed by atoms with van der Waals surface area (Å²) in [6.45, 7) is 5.78. The van der Waals surface area contributed by atoms with Gasteiger partial charge in [-0.05, 0) is 32.0 Å². The minimum Gasteiger partial charge on any atom is -0.495 e. The largest absolute Gasteiger partial charge is 0.495 e. The lowest BCUT2D eigenvalue weighted by Gasteiger charge is -2.10. The van der Waals surface area contributed by atoms with Gasteiger partial charge < -0.3 is 19.2 Å². The summed E-state index contributed by atoms with van der Waals surface area (Å²) in [4.78, 5) is 12.5. The molecule has 2 heterocycles. The van der Waals surface area contributed by atoms with E-state index in [-0.39, 0.29) is 11.7 Å². The Hall–Kier alpha value is -3.26. The van der Waals surface area contributed by atoms with Gasteiger partial charge in [-0.25, -0.2) is 0 Å². The molecule has 0 aliphatic heterocycles. The van der Waals surface area contributed by atoms with Crippen molar-refractivity contribution in [1.82, 2.24) is 19.3 Å². The number of fused-ring (bicyclic) bond motifs is 1. The zero-order valence-electron chi connectivity index (χ0n) is 17.8. The van der Waals surface area contributed by atoms with Gasteiger partial charge in [0, 0.05) is 35.8 Å². The number of carbonyl (C=O) groups is 1. The van der Waals surface area contributed by atoms with Crippen LogP contribution >= 0.6 is 11.8 Å². The molecule has 1 amide bonds. The number of para-hydroxylation sites is 3. The number of amides is 1. The number of nitrogens with one attached hydrogen (secondary N) is 1. The van der Waals surface area contributed by atoms with Crippen LogP contribution in [-0.2, 0) is 17.9 Å². The Balaban J connectivity index is 1.55. The first-order valence-corrected chi connectivity index (χ1v) is 11.2. The smallest absolute Gasteiger partial charge is 0.234 e. The van der Waals surface area contributed by atoms with Crippen molar-refractivity contribution in [3.8, 4) is 17.1 Å². The van der Waals surface area contributed by atoms with Gasteiger partial charge in [0.05, 0.1) is 18.6 Å². The van der Waals surface area contributed by atoms with Gasteiger partial charge in [0.1, 0.15) is 5.75 Å². The number of hydrogen-bond donors (Lipinski definition) is 1. The second-order valence-electron chi connectivity index (χ2n) is 6.93. The molecule has 0 fully saturated rings. The first-order chi connectivity index (χ1) is 15.2. The molecule has 2 aromatic heterocycles. The summed E-state index contributed by atoms with van der Waals surface area (Å²) in [6.07, 6.45) is 2.13.